The molecule has 4 heteroatoms. The SMILES string of the molecule is CC1(C)c2ccccc2-c2cc(-c3[c-]ccnc3)ncc21.[Ir].[c-]1ccccc1-c1ccccn1. The maximum Gasteiger partial charge on any atom is 0.0207 e. The fourth-order valence-electron chi connectivity index (χ4n) is 4.27. The van der Waals surface area contributed by atoms with Gasteiger partial charge in [-0.25, -0.2) is 0 Å². The average molecular weight is 618 g/mol. The number of hydrogen-bond acceptors (Lipinski definition) is 3. The molecule has 169 valence electrons. The molecule has 0 N–H and O–H groups in total. The van der Waals surface area contributed by atoms with Gasteiger partial charge in [0.1, 0.15) is 0 Å². The van der Waals surface area contributed by atoms with Crippen molar-refractivity contribution < 1.29 is 20.1 Å². The molecule has 0 atom stereocenters. The summed E-state index contributed by atoms with van der Waals surface area (Å²) in [6, 6.07) is 32.6. The van der Waals surface area contributed by atoms with Crippen molar-refractivity contribution in [3.63, 3.8) is 0 Å². The third kappa shape index (κ3) is 4.61. The standard InChI is InChI=1S/C19H15N2.C11H8N.Ir/c1-19(2)16-8-4-3-7-14(16)15-10-18(21-12-17(15)19)13-6-5-9-20-11-13;1-2-6-10(7-3-1)11-8-4-5-9-12-11;/h3-5,7-12H,1-2H3;1-6,8-9H;/q2*-1;. The van der Waals surface area contributed by atoms with E-state index in [2.05, 4.69) is 71.3 Å². The summed E-state index contributed by atoms with van der Waals surface area (Å²) in [5.41, 5.74) is 9.12. The smallest absolute Gasteiger partial charge is 0.0207 e. The Hall–Kier alpha value is -3.46. The fourth-order valence-corrected chi connectivity index (χ4v) is 4.27. The molecule has 34 heavy (non-hydrogen) atoms. The van der Waals surface area contributed by atoms with Crippen molar-refractivity contribution in [2.24, 2.45) is 0 Å². The number of benzene rings is 2. The van der Waals surface area contributed by atoms with Crippen LogP contribution >= 0.6 is 0 Å². The summed E-state index contributed by atoms with van der Waals surface area (Å²) in [6.07, 6.45) is 7.33. The minimum absolute atomic E-state index is 0. The summed E-state index contributed by atoms with van der Waals surface area (Å²) < 4.78 is 0. The number of pyridine rings is 3. The zero-order valence-electron chi connectivity index (χ0n) is 19.0. The van der Waals surface area contributed by atoms with Crippen LogP contribution in [0.25, 0.3) is 33.6 Å². The Labute approximate surface area is 214 Å². The van der Waals surface area contributed by atoms with Gasteiger partial charge in [-0.15, -0.1) is 53.6 Å². The normalized spacial score (nSPS) is 12.4. The molecule has 1 aliphatic rings. The summed E-state index contributed by atoms with van der Waals surface area (Å²) in [5.74, 6) is 0. The van der Waals surface area contributed by atoms with Crippen LogP contribution in [0.2, 0.25) is 0 Å². The minimum atomic E-state index is 0. The summed E-state index contributed by atoms with van der Waals surface area (Å²) in [7, 11) is 0. The third-order valence-corrected chi connectivity index (χ3v) is 6.00. The summed E-state index contributed by atoms with van der Waals surface area (Å²) >= 11 is 0. The number of hydrogen-bond donors (Lipinski definition) is 0. The van der Waals surface area contributed by atoms with E-state index in [1.807, 2.05) is 54.7 Å². The average Bonchev–Trinajstić information content (AvgIpc) is 3.12. The number of rotatable bonds is 2. The van der Waals surface area contributed by atoms with Crippen molar-refractivity contribution in [2.45, 2.75) is 19.3 Å². The number of nitrogens with zero attached hydrogens (tertiary/aromatic N) is 3. The predicted octanol–water partition coefficient (Wildman–Crippen LogP) is 6.80. The largest absolute Gasteiger partial charge is 0.360 e. The van der Waals surface area contributed by atoms with E-state index in [0.717, 1.165) is 22.5 Å². The van der Waals surface area contributed by atoms with Crippen LogP contribution in [0.1, 0.15) is 25.0 Å². The van der Waals surface area contributed by atoms with Crippen LogP contribution in [-0.2, 0) is 25.5 Å². The molecule has 0 fully saturated rings. The molecule has 0 spiro atoms. The van der Waals surface area contributed by atoms with Gasteiger partial charge in [-0.2, -0.15) is 0 Å². The van der Waals surface area contributed by atoms with E-state index < -0.39 is 0 Å². The zero-order valence-corrected chi connectivity index (χ0v) is 21.4. The van der Waals surface area contributed by atoms with Crippen molar-refractivity contribution >= 4 is 0 Å². The van der Waals surface area contributed by atoms with Gasteiger partial charge in [-0.3, -0.25) is 0 Å². The molecule has 0 amide bonds. The second kappa shape index (κ2) is 10.2. The van der Waals surface area contributed by atoms with Crippen molar-refractivity contribution in [1.82, 2.24) is 15.0 Å². The first kappa shape index (κ1) is 23.7. The maximum atomic E-state index is 4.63. The molecule has 0 saturated carbocycles. The minimum Gasteiger partial charge on any atom is -0.360 e. The van der Waals surface area contributed by atoms with Gasteiger partial charge in [0.05, 0.1) is 0 Å². The molecule has 0 unspecified atom stereocenters. The molecular weight excluding hydrogens is 595 g/mol. The van der Waals surface area contributed by atoms with Crippen LogP contribution in [0.3, 0.4) is 0 Å². The maximum absolute atomic E-state index is 4.63. The van der Waals surface area contributed by atoms with E-state index >= 15 is 0 Å². The molecule has 0 saturated heterocycles. The Morgan fingerprint density at radius 2 is 1.44 bits per heavy atom. The summed E-state index contributed by atoms with van der Waals surface area (Å²) in [4.78, 5) is 13.0. The van der Waals surface area contributed by atoms with Gasteiger partial charge in [0.2, 0.25) is 0 Å². The molecule has 3 aromatic heterocycles. The first-order valence-corrected chi connectivity index (χ1v) is 11.0. The first-order chi connectivity index (χ1) is 16.1. The first-order valence-electron chi connectivity index (χ1n) is 11.0. The quantitative estimate of drug-likeness (QED) is 0.205. The van der Waals surface area contributed by atoms with E-state index in [4.69, 9.17) is 0 Å². The van der Waals surface area contributed by atoms with Gasteiger partial charge in [0.25, 0.3) is 0 Å². The predicted molar refractivity (Wildman–Crippen MR) is 132 cm³/mol. The molecule has 1 aliphatic carbocycles. The molecular formula is C30H23IrN3-2. The van der Waals surface area contributed by atoms with Crippen LogP contribution in [0.4, 0.5) is 0 Å². The van der Waals surface area contributed by atoms with E-state index in [0.29, 0.717) is 0 Å². The monoisotopic (exact) mass is 618 g/mol. The Bertz CT molecular complexity index is 1330. The van der Waals surface area contributed by atoms with Crippen LogP contribution in [0.15, 0.2) is 104 Å². The number of fused-ring (bicyclic) bond motifs is 3. The Morgan fingerprint density at radius 1 is 0.647 bits per heavy atom. The fraction of sp³-hybridized carbons (Fsp3) is 0.100. The molecule has 0 aliphatic heterocycles. The Balaban J connectivity index is 0.000000180. The third-order valence-electron chi connectivity index (χ3n) is 6.00. The van der Waals surface area contributed by atoms with Gasteiger partial charge in [0.15, 0.2) is 0 Å². The Kier molecular flexibility index (Phi) is 7.11. The zero-order chi connectivity index (χ0) is 22.7. The van der Waals surface area contributed by atoms with Crippen LogP contribution in [-0.4, -0.2) is 15.0 Å². The van der Waals surface area contributed by atoms with E-state index in [-0.39, 0.29) is 25.5 Å². The summed E-state index contributed by atoms with van der Waals surface area (Å²) in [5, 5.41) is 0. The summed E-state index contributed by atoms with van der Waals surface area (Å²) in [6.45, 7) is 4.52. The molecule has 3 heterocycles. The van der Waals surface area contributed by atoms with Gasteiger partial charge < -0.3 is 15.0 Å². The topological polar surface area (TPSA) is 38.7 Å². The molecule has 6 rings (SSSR count). The van der Waals surface area contributed by atoms with E-state index in [1.54, 1.807) is 18.6 Å². The van der Waals surface area contributed by atoms with Crippen LogP contribution in [0.5, 0.6) is 0 Å². The van der Waals surface area contributed by atoms with Crippen molar-refractivity contribution in [2.75, 3.05) is 0 Å². The molecule has 2 aromatic carbocycles. The van der Waals surface area contributed by atoms with Crippen LogP contribution < -0.4 is 0 Å². The van der Waals surface area contributed by atoms with Gasteiger partial charge in [-0.05, 0) is 39.7 Å². The van der Waals surface area contributed by atoms with E-state index in [9.17, 15) is 0 Å². The second-order valence-electron chi connectivity index (χ2n) is 8.43. The van der Waals surface area contributed by atoms with E-state index in [1.165, 1.54) is 22.3 Å². The number of aromatic nitrogens is 3. The van der Waals surface area contributed by atoms with Gasteiger partial charge in [-0.1, -0.05) is 68.7 Å². The van der Waals surface area contributed by atoms with Gasteiger partial charge in [0, 0.05) is 37.9 Å². The second-order valence-corrected chi connectivity index (χ2v) is 8.43. The van der Waals surface area contributed by atoms with Gasteiger partial charge >= 0.3 is 0 Å². The van der Waals surface area contributed by atoms with Crippen molar-refractivity contribution in [3.8, 4) is 33.6 Å². The molecule has 1 radical (unpaired) electrons. The van der Waals surface area contributed by atoms with Crippen molar-refractivity contribution in [1.29, 1.82) is 0 Å². The molecule has 0 bridgehead atoms. The molecule has 3 nitrogen and oxygen atoms in total. The Morgan fingerprint density at radius 3 is 2.18 bits per heavy atom. The molecule has 5 aromatic rings. The van der Waals surface area contributed by atoms with Crippen molar-refractivity contribution in [3.05, 3.63) is 127 Å². The van der Waals surface area contributed by atoms with Crippen LogP contribution in [0, 0.1) is 12.1 Å².